The average Bonchev–Trinajstić information content (AvgIpc) is 2.55. The van der Waals surface area contributed by atoms with E-state index in [0.717, 1.165) is 17.5 Å². The second-order valence-corrected chi connectivity index (χ2v) is 5.60. The number of hydrogen-bond donors (Lipinski definition) is 1. The molecule has 0 saturated heterocycles. The molecule has 4 nitrogen and oxygen atoms in total. The highest BCUT2D eigenvalue weighted by molar-refractivity contribution is 5.87. The van der Waals surface area contributed by atoms with Crippen molar-refractivity contribution in [2.24, 2.45) is 0 Å². The summed E-state index contributed by atoms with van der Waals surface area (Å²) in [5.74, 6) is -0.905. The Kier molecular flexibility index (Phi) is 5.52. The highest BCUT2D eigenvalue weighted by Gasteiger charge is 2.11. The van der Waals surface area contributed by atoms with Crippen LogP contribution in [0.2, 0.25) is 0 Å². The fraction of sp³-hybridized carbons (Fsp3) is 0.263. The zero-order valence-electron chi connectivity index (χ0n) is 13.5. The molecular weight excluding hydrogens is 290 g/mol. The van der Waals surface area contributed by atoms with E-state index >= 15 is 0 Å². The summed E-state index contributed by atoms with van der Waals surface area (Å²) >= 11 is 0. The molecule has 0 aliphatic heterocycles. The van der Waals surface area contributed by atoms with Crippen LogP contribution in [0.4, 0.5) is 0 Å². The number of benzene rings is 2. The quantitative estimate of drug-likeness (QED) is 0.891. The monoisotopic (exact) mass is 311 g/mol. The Morgan fingerprint density at radius 3 is 2.26 bits per heavy atom. The van der Waals surface area contributed by atoms with Crippen LogP contribution in [0.15, 0.2) is 48.5 Å². The Bertz CT molecular complexity index is 692. The van der Waals surface area contributed by atoms with Crippen LogP contribution in [0.5, 0.6) is 0 Å². The Labute approximate surface area is 136 Å². The van der Waals surface area contributed by atoms with Gasteiger partial charge in [0.05, 0.1) is 12.0 Å². The van der Waals surface area contributed by atoms with Crippen LogP contribution in [0.25, 0.3) is 0 Å². The van der Waals surface area contributed by atoms with Gasteiger partial charge < -0.3 is 10.0 Å². The Morgan fingerprint density at radius 1 is 1.00 bits per heavy atom. The molecule has 120 valence electrons. The Balaban J connectivity index is 1.97. The third-order valence-electron chi connectivity index (χ3n) is 3.80. The van der Waals surface area contributed by atoms with Crippen LogP contribution in [0.3, 0.4) is 0 Å². The normalized spacial score (nSPS) is 10.3. The maximum absolute atomic E-state index is 12.3. The lowest BCUT2D eigenvalue weighted by atomic mass is 10.1. The predicted molar refractivity (Wildman–Crippen MR) is 89.4 cm³/mol. The third-order valence-corrected chi connectivity index (χ3v) is 3.80. The molecule has 0 radical (unpaired) electrons. The molecule has 0 aliphatic rings. The smallest absolute Gasteiger partial charge is 0.335 e. The number of nitrogens with zero attached hydrogens (tertiary/aromatic N) is 1. The first-order valence-corrected chi connectivity index (χ1v) is 7.63. The van der Waals surface area contributed by atoms with Gasteiger partial charge in [0.25, 0.3) is 0 Å². The fourth-order valence-corrected chi connectivity index (χ4v) is 2.38. The maximum atomic E-state index is 12.3. The van der Waals surface area contributed by atoms with E-state index in [4.69, 9.17) is 5.11 Å². The van der Waals surface area contributed by atoms with E-state index in [1.165, 1.54) is 5.56 Å². The van der Waals surface area contributed by atoms with Crippen LogP contribution < -0.4 is 0 Å². The summed E-state index contributed by atoms with van der Waals surface area (Å²) in [6, 6.07) is 14.7. The molecule has 0 saturated carbocycles. The lowest BCUT2D eigenvalue weighted by Crippen LogP contribution is -2.27. The molecule has 0 fully saturated rings. The van der Waals surface area contributed by atoms with Crippen LogP contribution in [-0.4, -0.2) is 28.9 Å². The molecular formula is C19H21NO3. The van der Waals surface area contributed by atoms with Gasteiger partial charge in [0, 0.05) is 13.6 Å². The minimum Gasteiger partial charge on any atom is -0.478 e. The third kappa shape index (κ3) is 4.68. The molecule has 0 spiro atoms. The van der Waals surface area contributed by atoms with Crippen molar-refractivity contribution < 1.29 is 14.7 Å². The number of carbonyl (C=O) groups is 2. The lowest BCUT2D eigenvalue weighted by Gasteiger charge is -2.17. The van der Waals surface area contributed by atoms with Gasteiger partial charge in [-0.15, -0.1) is 0 Å². The van der Waals surface area contributed by atoms with Crippen LogP contribution in [0.1, 0.15) is 34.0 Å². The molecule has 4 heteroatoms. The van der Waals surface area contributed by atoms with E-state index in [2.05, 4.69) is 19.1 Å². The molecule has 2 aromatic carbocycles. The summed E-state index contributed by atoms with van der Waals surface area (Å²) in [5, 5.41) is 8.89. The van der Waals surface area contributed by atoms with Crippen molar-refractivity contribution in [3.8, 4) is 0 Å². The zero-order chi connectivity index (χ0) is 16.8. The lowest BCUT2D eigenvalue weighted by molar-refractivity contribution is -0.129. The van der Waals surface area contributed by atoms with Crippen molar-refractivity contribution in [1.82, 2.24) is 4.90 Å². The molecule has 0 unspecified atom stereocenters. The number of carboxylic acids is 1. The van der Waals surface area contributed by atoms with Gasteiger partial charge in [-0.25, -0.2) is 4.79 Å². The number of carbonyl (C=O) groups excluding carboxylic acids is 1. The zero-order valence-corrected chi connectivity index (χ0v) is 13.5. The largest absolute Gasteiger partial charge is 0.478 e. The number of hydrogen-bond acceptors (Lipinski definition) is 2. The molecule has 0 aromatic heterocycles. The van der Waals surface area contributed by atoms with Crippen molar-refractivity contribution >= 4 is 11.9 Å². The van der Waals surface area contributed by atoms with Crippen LogP contribution >= 0.6 is 0 Å². The van der Waals surface area contributed by atoms with Gasteiger partial charge in [0.1, 0.15) is 0 Å². The van der Waals surface area contributed by atoms with E-state index in [1.807, 2.05) is 12.1 Å². The summed E-state index contributed by atoms with van der Waals surface area (Å²) < 4.78 is 0. The van der Waals surface area contributed by atoms with Gasteiger partial charge in [-0.3, -0.25) is 4.79 Å². The number of likely N-dealkylation sites (N-methyl/N-ethyl adjacent to an activating group) is 1. The van der Waals surface area contributed by atoms with Gasteiger partial charge in [0.2, 0.25) is 5.91 Å². The predicted octanol–water partition coefficient (Wildman–Crippen LogP) is 3.15. The molecule has 2 aromatic rings. The van der Waals surface area contributed by atoms with Gasteiger partial charge in [-0.1, -0.05) is 43.3 Å². The maximum Gasteiger partial charge on any atom is 0.335 e. The summed E-state index contributed by atoms with van der Waals surface area (Å²) in [4.78, 5) is 24.8. The first kappa shape index (κ1) is 16.7. The molecule has 2 rings (SSSR count). The van der Waals surface area contributed by atoms with Crippen molar-refractivity contribution in [2.75, 3.05) is 7.05 Å². The minimum atomic E-state index is -0.947. The molecule has 0 heterocycles. The minimum absolute atomic E-state index is 0.0422. The number of aryl methyl sites for hydroxylation is 1. The van der Waals surface area contributed by atoms with Gasteiger partial charge >= 0.3 is 5.97 Å². The molecule has 1 amide bonds. The second kappa shape index (κ2) is 7.58. The summed E-state index contributed by atoms with van der Waals surface area (Å²) in [5.41, 5.74) is 3.40. The second-order valence-electron chi connectivity index (χ2n) is 5.60. The summed E-state index contributed by atoms with van der Waals surface area (Å²) in [6.45, 7) is 2.56. The van der Waals surface area contributed by atoms with Crippen molar-refractivity contribution in [1.29, 1.82) is 0 Å². The SMILES string of the molecule is CCc1cccc(CC(=O)N(C)Cc2ccc(C(=O)O)cc2)c1. The van der Waals surface area contributed by atoms with E-state index in [9.17, 15) is 9.59 Å². The van der Waals surface area contributed by atoms with E-state index in [-0.39, 0.29) is 11.5 Å². The standard InChI is InChI=1S/C19H21NO3/c1-3-14-5-4-6-16(11-14)12-18(21)20(2)13-15-7-9-17(10-8-15)19(22)23/h4-11H,3,12-13H2,1-2H3,(H,22,23). The van der Waals surface area contributed by atoms with Gasteiger partial charge in [-0.2, -0.15) is 0 Å². The first-order chi connectivity index (χ1) is 11.0. The van der Waals surface area contributed by atoms with E-state index < -0.39 is 5.97 Å². The van der Waals surface area contributed by atoms with Crippen LogP contribution in [-0.2, 0) is 24.2 Å². The van der Waals surface area contributed by atoms with Crippen molar-refractivity contribution in [3.63, 3.8) is 0 Å². The molecule has 0 bridgehead atoms. The number of carboxylic acid groups (broad SMARTS) is 1. The molecule has 0 aliphatic carbocycles. The number of rotatable bonds is 6. The first-order valence-electron chi connectivity index (χ1n) is 7.63. The Hall–Kier alpha value is -2.62. The summed E-state index contributed by atoms with van der Waals surface area (Å²) in [7, 11) is 1.76. The molecule has 23 heavy (non-hydrogen) atoms. The number of amides is 1. The number of aromatic carboxylic acids is 1. The van der Waals surface area contributed by atoms with Crippen molar-refractivity contribution in [2.45, 2.75) is 26.3 Å². The highest BCUT2D eigenvalue weighted by atomic mass is 16.4. The Morgan fingerprint density at radius 2 is 1.65 bits per heavy atom. The van der Waals surface area contributed by atoms with E-state index in [0.29, 0.717) is 13.0 Å². The molecule has 0 atom stereocenters. The van der Waals surface area contributed by atoms with Gasteiger partial charge in [0.15, 0.2) is 0 Å². The van der Waals surface area contributed by atoms with E-state index in [1.54, 1.807) is 36.2 Å². The van der Waals surface area contributed by atoms with Crippen molar-refractivity contribution in [3.05, 3.63) is 70.8 Å². The van der Waals surface area contributed by atoms with Crippen LogP contribution in [0, 0.1) is 0 Å². The highest BCUT2D eigenvalue weighted by Crippen LogP contribution is 2.10. The average molecular weight is 311 g/mol. The fourth-order valence-electron chi connectivity index (χ4n) is 2.38. The molecule has 1 N–H and O–H groups in total. The topological polar surface area (TPSA) is 57.6 Å². The summed E-state index contributed by atoms with van der Waals surface area (Å²) in [6.07, 6.45) is 1.32. The van der Waals surface area contributed by atoms with Gasteiger partial charge in [-0.05, 0) is 35.2 Å².